The lowest BCUT2D eigenvalue weighted by atomic mass is 10.1. The molecule has 0 unspecified atom stereocenters. The first-order chi connectivity index (χ1) is 14.9. The molecule has 3 heterocycles. The quantitative estimate of drug-likeness (QED) is 0.485. The van der Waals surface area contributed by atoms with Crippen LogP contribution in [0.2, 0.25) is 0 Å². The number of thiophene rings is 1. The van der Waals surface area contributed by atoms with E-state index in [1.54, 1.807) is 24.4 Å². The molecule has 0 bridgehead atoms. The summed E-state index contributed by atoms with van der Waals surface area (Å²) in [6.45, 7) is 2.55. The van der Waals surface area contributed by atoms with Crippen molar-refractivity contribution in [1.29, 1.82) is 0 Å². The Morgan fingerprint density at radius 3 is 2.58 bits per heavy atom. The number of esters is 2. The average Bonchev–Trinajstić information content (AvgIpc) is 3.46. The number of furan rings is 1. The van der Waals surface area contributed by atoms with Crippen LogP contribution in [0, 0.1) is 0 Å². The second kappa shape index (κ2) is 10.00. The van der Waals surface area contributed by atoms with Crippen LogP contribution in [0.25, 0.3) is 11.3 Å². The molecule has 31 heavy (non-hydrogen) atoms. The molecule has 0 aliphatic heterocycles. The normalized spacial score (nSPS) is 10.4. The molecule has 2 N–H and O–H groups in total. The zero-order valence-electron chi connectivity index (χ0n) is 16.4. The van der Waals surface area contributed by atoms with Crippen molar-refractivity contribution in [2.75, 3.05) is 23.8 Å². The first-order valence-corrected chi connectivity index (χ1v) is 10.7. The van der Waals surface area contributed by atoms with Gasteiger partial charge in [-0.1, -0.05) is 0 Å². The largest absolute Gasteiger partial charge is 0.464 e. The Morgan fingerprint density at radius 2 is 1.90 bits per heavy atom. The molecule has 0 saturated carbocycles. The summed E-state index contributed by atoms with van der Waals surface area (Å²) in [5.74, 6) is -1.96. The molecule has 0 fully saturated rings. The van der Waals surface area contributed by atoms with Crippen molar-refractivity contribution in [3.8, 4) is 11.3 Å². The first-order valence-electron chi connectivity index (χ1n) is 8.91. The Hall–Kier alpha value is -3.51. The van der Waals surface area contributed by atoms with Crippen LogP contribution in [0.4, 0.5) is 10.1 Å². The van der Waals surface area contributed by atoms with Crippen LogP contribution in [-0.4, -0.2) is 42.0 Å². The van der Waals surface area contributed by atoms with E-state index in [4.69, 9.17) is 13.9 Å². The Bertz CT molecular complexity index is 1100. The molecular weight excluding hydrogens is 446 g/mol. The summed E-state index contributed by atoms with van der Waals surface area (Å²) in [7, 11) is 0. The third kappa shape index (κ3) is 5.55. The maximum atomic E-state index is 12.4. The predicted octanol–water partition coefficient (Wildman–Crippen LogP) is 3.40. The van der Waals surface area contributed by atoms with E-state index in [2.05, 4.69) is 15.6 Å². The molecular formula is C19H17N3O7S2. The third-order valence-corrected chi connectivity index (χ3v) is 5.29. The molecule has 162 valence electrons. The predicted molar refractivity (Wildman–Crippen MR) is 113 cm³/mol. The maximum Gasteiger partial charge on any atom is 0.358 e. The van der Waals surface area contributed by atoms with E-state index in [1.807, 2.05) is 0 Å². The average molecular weight is 463 g/mol. The van der Waals surface area contributed by atoms with Gasteiger partial charge in [0.15, 0.2) is 17.4 Å². The van der Waals surface area contributed by atoms with Gasteiger partial charge in [0, 0.05) is 23.2 Å². The lowest BCUT2D eigenvalue weighted by Crippen LogP contribution is -2.22. The van der Waals surface area contributed by atoms with E-state index in [0.29, 0.717) is 11.3 Å². The molecule has 3 aromatic heterocycles. The number of nitrogens with zero attached hydrogens (tertiary/aromatic N) is 1. The first kappa shape index (κ1) is 22.2. The van der Waals surface area contributed by atoms with Crippen molar-refractivity contribution in [2.24, 2.45) is 0 Å². The molecule has 12 heteroatoms. The summed E-state index contributed by atoms with van der Waals surface area (Å²) in [4.78, 5) is 51.7. The van der Waals surface area contributed by atoms with Crippen molar-refractivity contribution < 1.29 is 33.1 Å². The van der Waals surface area contributed by atoms with Crippen molar-refractivity contribution >= 4 is 56.6 Å². The minimum Gasteiger partial charge on any atom is -0.464 e. The lowest BCUT2D eigenvalue weighted by molar-refractivity contribution is -0.119. The molecule has 3 aromatic rings. The Labute approximate surface area is 184 Å². The standard InChI is InChI=1S/C19H17N3O7S2/c1-3-27-18(26)15-11(13-5-4-6-28-13)8-30-16(15)22-14(24)7-29-17(25)12-9-31-19(21-12)20-10(2)23/h4-6,8-9H,3,7H2,1-2H3,(H,22,24)(H,20,21,23). The number of carbonyl (C=O) groups is 4. The fourth-order valence-corrected chi connectivity index (χ4v) is 4.09. The zero-order valence-corrected chi connectivity index (χ0v) is 18.1. The van der Waals surface area contributed by atoms with E-state index in [-0.39, 0.29) is 33.9 Å². The van der Waals surface area contributed by atoms with Crippen molar-refractivity contribution in [3.05, 3.63) is 40.4 Å². The number of nitrogens with one attached hydrogen (secondary N) is 2. The van der Waals surface area contributed by atoms with Gasteiger partial charge in [0.25, 0.3) is 5.91 Å². The fourth-order valence-electron chi connectivity index (χ4n) is 2.41. The summed E-state index contributed by atoms with van der Waals surface area (Å²) in [6, 6.07) is 3.36. The monoisotopic (exact) mass is 463 g/mol. The van der Waals surface area contributed by atoms with Crippen LogP contribution >= 0.6 is 22.7 Å². The molecule has 0 saturated heterocycles. The molecule has 0 aliphatic carbocycles. The number of ether oxygens (including phenoxy) is 2. The number of hydrogen-bond donors (Lipinski definition) is 2. The van der Waals surface area contributed by atoms with Crippen molar-refractivity contribution in [1.82, 2.24) is 4.98 Å². The summed E-state index contributed by atoms with van der Waals surface area (Å²) in [5, 5.41) is 8.55. The highest BCUT2D eigenvalue weighted by Gasteiger charge is 2.24. The second-order valence-electron chi connectivity index (χ2n) is 5.89. The fraction of sp³-hybridized carbons (Fsp3) is 0.211. The van der Waals surface area contributed by atoms with Gasteiger partial charge in [-0.3, -0.25) is 9.59 Å². The van der Waals surface area contributed by atoms with Crippen LogP contribution in [0.3, 0.4) is 0 Å². The van der Waals surface area contributed by atoms with Gasteiger partial charge in [-0.05, 0) is 19.1 Å². The van der Waals surface area contributed by atoms with E-state index in [9.17, 15) is 19.2 Å². The Morgan fingerprint density at radius 1 is 1.10 bits per heavy atom. The van der Waals surface area contributed by atoms with E-state index in [1.165, 1.54) is 18.6 Å². The molecule has 0 atom stereocenters. The minimum atomic E-state index is -0.823. The van der Waals surface area contributed by atoms with E-state index >= 15 is 0 Å². The number of hydrogen-bond acceptors (Lipinski definition) is 10. The number of anilines is 2. The minimum absolute atomic E-state index is 0.0370. The number of thiazole rings is 1. The highest BCUT2D eigenvalue weighted by Crippen LogP contribution is 2.36. The third-order valence-electron chi connectivity index (χ3n) is 3.64. The van der Waals surface area contributed by atoms with Crippen LogP contribution in [0.1, 0.15) is 34.7 Å². The summed E-state index contributed by atoms with van der Waals surface area (Å²) in [5.41, 5.74) is 0.597. The van der Waals surface area contributed by atoms with Crippen LogP contribution < -0.4 is 10.6 Å². The van der Waals surface area contributed by atoms with Gasteiger partial charge in [-0.2, -0.15) is 0 Å². The Kier molecular flexibility index (Phi) is 7.15. The van der Waals surface area contributed by atoms with Crippen LogP contribution in [0.5, 0.6) is 0 Å². The maximum absolute atomic E-state index is 12.4. The van der Waals surface area contributed by atoms with Gasteiger partial charge < -0.3 is 24.5 Å². The second-order valence-corrected chi connectivity index (χ2v) is 7.63. The topological polar surface area (TPSA) is 137 Å². The van der Waals surface area contributed by atoms with Crippen LogP contribution in [0.15, 0.2) is 33.6 Å². The molecule has 0 aromatic carbocycles. The highest BCUT2D eigenvalue weighted by atomic mass is 32.1. The van der Waals surface area contributed by atoms with E-state index < -0.39 is 24.5 Å². The summed E-state index contributed by atoms with van der Waals surface area (Å²) >= 11 is 2.16. The van der Waals surface area contributed by atoms with Gasteiger partial charge in [0.2, 0.25) is 5.91 Å². The molecule has 0 radical (unpaired) electrons. The van der Waals surface area contributed by atoms with Crippen LogP contribution in [-0.2, 0) is 19.1 Å². The van der Waals surface area contributed by atoms with E-state index in [0.717, 1.165) is 22.7 Å². The molecule has 3 rings (SSSR count). The van der Waals surface area contributed by atoms with Gasteiger partial charge in [-0.25, -0.2) is 14.6 Å². The van der Waals surface area contributed by atoms with Crippen molar-refractivity contribution in [3.63, 3.8) is 0 Å². The zero-order chi connectivity index (χ0) is 22.4. The lowest BCUT2D eigenvalue weighted by Gasteiger charge is -2.08. The number of rotatable bonds is 8. The number of carbonyl (C=O) groups excluding carboxylic acids is 4. The van der Waals surface area contributed by atoms with Gasteiger partial charge in [-0.15, -0.1) is 22.7 Å². The molecule has 0 spiro atoms. The smallest absolute Gasteiger partial charge is 0.358 e. The number of aromatic nitrogens is 1. The summed E-state index contributed by atoms with van der Waals surface area (Å²) in [6.07, 6.45) is 1.47. The van der Waals surface area contributed by atoms with Gasteiger partial charge in [0.1, 0.15) is 16.3 Å². The highest BCUT2D eigenvalue weighted by molar-refractivity contribution is 7.15. The molecule has 10 nitrogen and oxygen atoms in total. The van der Waals surface area contributed by atoms with Crippen molar-refractivity contribution in [2.45, 2.75) is 13.8 Å². The molecule has 2 amide bonds. The van der Waals surface area contributed by atoms with Gasteiger partial charge >= 0.3 is 11.9 Å². The Balaban J connectivity index is 1.66. The number of amides is 2. The SMILES string of the molecule is CCOC(=O)c1c(-c2ccco2)csc1NC(=O)COC(=O)c1csc(NC(C)=O)n1. The molecule has 0 aliphatic rings. The van der Waals surface area contributed by atoms with Gasteiger partial charge in [0.05, 0.1) is 12.9 Å². The summed E-state index contributed by atoms with van der Waals surface area (Å²) < 4.78 is 15.4.